The second kappa shape index (κ2) is 10.2. The third-order valence-corrected chi connectivity index (χ3v) is 11.7. The molecule has 0 radical (unpaired) electrons. The van der Waals surface area contributed by atoms with Crippen LogP contribution in [-0.2, 0) is 9.47 Å². The van der Waals surface area contributed by atoms with Gasteiger partial charge in [0, 0.05) is 6.61 Å². The first-order valence-electron chi connectivity index (χ1n) is 15.3. The van der Waals surface area contributed by atoms with Gasteiger partial charge in [0.25, 0.3) is 0 Å². The fourth-order valence-electron chi connectivity index (χ4n) is 9.80. The average Bonchev–Trinajstić information content (AvgIpc) is 3.17. The average molecular weight is 471 g/mol. The Morgan fingerprint density at radius 3 is 2.59 bits per heavy atom. The SMILES string of the molecule is CC(C)CCC[C@@H](C)[C@H]1CC[C@H]2[C@@H]3CC=C4C[C@@H](O[C@@H]5CCCCO5)CC[C@]4(C)[C@H]3CC[C@]12C. The van der Waals surface area contributed by atoms with Crippen molar-refractivity contribution < 1.29 is 9.47 Å². The zero-order chi connectivity index (χ0) is 23.9. The molecule has 0 aromatic carbocycles. The van der Waals surface area contributed by atoms with Gasteiger partial charge in [-0.25, -0.2) is 0 Å². The molecule has 1 aliphatic heterocycles. The Hall–Kier alpha value is -0.340. The molecule has 9 atom stereocenters. The monoisotopic (exact) mass is 470 g/mol. The maximum atomic E-state index is 6.47. The molecule has 0 aromatic heterocycles. The van der Waals surface area contributed by atoms with Crippen LogP contribution in [0.2, 0.25) is 0 Å². The van der Waals surface area contributed by atoms with Gasteiger partial charge < -0.3 is 9.47 Å². The van der Waals surface area contributed by atoms with Gasteiger partial charge in [0.1, 0.15) is 0 Å². The Bertz CT molecular complexity index is 721. The van der Waals surface area contributed by atoms with Gasteiger partial charge in [0.05, 0.1) is 6.10 Å². The van der Waals surface area contributed by atoms with Crippen molar-refractivity contribution in [2.75, 3.05) is 6.61 Å². The molecule has 2 heteroatoms. The van der Waals surface area contributed by atoms with Crippen LogP contribution in [-0.4, -0.2) is 19.0 Å². The molecule has 194 valence electrons. The second-order valence-corrected chi connectivity index (χ2v) is 14.1. The molecule has 4 aliphatic carbocycles. The topological polar surface area (TPSA) is 18.5 Å². The van der Waals surface area contributed by atoms with Crippen LogP contribution in [0.4, 0.5) is 0 Å². The highest BCUT2D eigenvalue weighted by Gasteiger charge is 2.59. The summed E-state index contributed by atoms with van der Waals surface area (Å²) in [5.41, 5.74) is 2.78. The fourth-order valence-corrected chi connectivity index (χ4v) is 9.80. The molecule has 5 rings (SSSR count). The summed E-state index contributed by atoms with van der Waals surface area (Å²) in [6.07, 6.45) is 22.0. The minimum absolute atomic E-state index is 0.0633. The molecule has 34 heavy (non-hydrogen) atoms. The third kappa shape index (κ3) is 4.69. The van der Waals surface area contributed by atoms with Crippen molar-refractivity contribution in [3.63, 3.8) is 0 Å². The van der Waals surface area contributed by atoms with E-state index in [0.29, 0.717) is 16.9 Å². The summed E-state index contributed by atoms with van der Waals surface area (Å²) in [5, 5.41) is 0. The number of rotatable bonds is 7. The molecule has 0 unspecified atom stereocenters. The van der Waals surface area contributed by atoms with Crippen LogP contribution in [0.25, 0.3) is 0 Å². The van der Waals surface area contributed by atoms with Crippen molar-refractivity contribution in [3.05, 3.63) is 11.6 Å². The van der Waals surface area contributed by atoms with Crippen LogP contribution in [0.5, 0.6) is 0 Å². The van der Waals surface area contributed by atoms with Crippen molar-refractivity contribution in [1.29, 1.82) is 0 Å². The molecule has 3 saturated carbocycles. The fraction of sp³-hybridized carbons (Fsp3) is 0.938. The molecule has 4 fully saturated rings. The molecule has 0 spiro atoms. The largest absolute Gasteiger partial charge is 0.353 e. The Kier molecular flexibility index (Phi) is 7.59. The van der Waals surface area contributed by atoms with Gasteiger partial charge in [-0.1, -0.05) is 65.5 Å². The molecule has 0 aromatic rings. The highest BCUT2D eigenvalue weighted by Crippen LogP contribution is 2.67. The predicted octanol–water partition coefficient (Wildman–Crippen LogP) is 8.94. The summed E-state index contributed by atoms with van der Waals surface area (Å²) in [6.45, 7) is 13.6. The number of fused-ring (bicyclic) bond motifs is 5. The molecule has 0 amide bonds. The van der Waals surface area contributed by atoms with Crippen molar-refractivity contribution in [1.82, 2.24) is 0 Å². The Morgan fingerprint density at radius 1 is 0.971 bits per heavy atom. The van der Waals surface area contributed by atoms with Crippen molar-refractivity contribution in [2.24, 2.45) is 46.3 Å². The van der Waals surface area contributed by atoms with E-state index < -0.39 is 0 Å². The van der Waals surface area contributed by atoms with E-state index in [1.807, 2.05) is 0 Å². The van der Waals surface area contributed by atoms with E-state index in [1.165, 1.54) is 77.0 Å². The van der Waals surface area contributed by atoms with E-state index in [9.17, 15) is 0 Å². The summed E-state index contributed by atoms with van der Waals surface area (Å²) in [7, 11) is 0. The van der Waals surface area contributed by atoms with Gasteiger partial charge >= 0.3 is 0 Å². The zero-order valence-corrected chi connectivity index (χ0v) is 23.1. The number of allylic oxidation sites excluding steroid dienone is 1. The molecule has 1 saturated heterocycles. The molecule has 0 bridgehead atoms. The highest BCUT2D eigenvalue weighted by atomic mass is 16.7. The van der Waals surface area contributed by atoms with Crippen molar-refractivity contribution in [3.8, 4) is 0 Å². The summed E-state index contributed by atoms with van der Waals surface area (Å²) >= 11 is 0. The first kappa shape index (κ1) is 25.3. The van der Waals surface area contributed by atoms with E-state index in [0.717, 1.165) is 55.0 Å². The standard InChI is InChI=1S/C32H54O2/c1-22(2)9-8-10-23(3)27-14-15-28-26-13-12-24-21-25(34-30-11-6-7-20-33-30)16-18-31(24,4)29(26)17-19-32(27,28)5/h12,22-23,25-30H,6-11,13-21H2,1-5H3/t23-,25+,26+,27-,28+,29+,30-,31+,32-/m1/s1. The third-order valence-electron chi connectivity index (χ3n) is 11.7. The summed E-state index contributed by atoms with van der Waals surface area (Å²) in [5.74, 6) is 5.53. The lowest BCUT2D eigenvalue weighted by molar-refractivity contribution is -0.195. The maximum absolute atomic E-state index is 6.47. The van der Waals surface area contributed by atoms with Gasteiger partial charge in [0.15, 0.2) is 6.29 Å². The Balaban J connectivity index is 1.24. The van der Waals surface area contributed by atoms with Crippen LogP contribution in [0.3, 0.4) is 0 Å². The van der Waals surface area contributed by atoms with Crippen LogP contribution < -0.4 is 0 Å². The number of hydrogen-bond acceptors (Lipinski definition) is 2. The van der Waals surface area contributed by atoms with E-state index in [1.54, 1.807) is 5.57 Å². The van der Waals surface area contributed by atoms with Crippen LogP contribution in [0.15, 0.2) is 11.6 Å². The van der Waals surface area contributed by atoms with E-state index in [4.69, 9.17) is 9.47 Å². The lowest BCUT2D eigenvalue weighted by Crippen LogP contribution is -2.51. The van der Waals surface area contributed by atoms with Crippen molar-refractivity contribution >= 4 is 0 Å². The Labute approximate surface area is 211 Å². The smallest absolute Gasteiger partial charge is 0.157 e. The number of ether oxygens (including phenoxy) is 2. The normalized spacial score (nSPS) is 45.3. The maximum Gasteiger partial charge on any atom is 0.157 e. The molecule has 5 aliphatic rings. The lowest BCUT2D eigenvalue weighted by atomic mass is 9.47. The van der Waals surface area contributed by atoms with E-state index >= 15 is 0 Å². The lowest BCUT2D eigenvalue weighted by Gasteiger charge is -2.58. The first-order chi connectivity index (χ1) is 16.3. The van der Waals surface area contributed by atoms with Gasteiger partial charge in [-0.2, -0.15) is 0 Å². The Morgan fingerprint density at radius 2 is 1.82 bits per heavy atom. The van der Waals surface area contributed by atoms with Crippen LogP contribution in [0.1, 0.15) is 125 Å². The van der Waals surface area contributed by atoms with E-state index in [-0.39, 0.29) is 6.29 Å². The summed E-state index contributed by atoms with van der Waals surface area (Å²) < 4.78 is 12.4. The second-order valence-electron chi connectivity index (χ2n) is 14.1. The molecular weight excluding hydrogens is 416 g/mol. The molecule has 1 heterocycles. The minimum atomic E-state index is 0.0633. The highest BCUT2D eigenvalue weighted by molar-refractivity contribution is 5.25. The van der Waals surface area contributed by atoms with Gasteiger partial charge in [-0.15, -0.1) is 0 Å². The number of hydrogen-bond donors (Lipinski definition) is 0. The molecule has 2 nitrogen and oxygen atoms in total. The summed E-state index contributed by atoms with van der Waals surface area (Å²) in [4.78, 5) is 0. The minimum Gasteiger partial charge on any atom is -0.353 e. The predicted molar refractivity (Wildman–Crippen MR) is 142 cm³/mol. The quantitative estimate of drug-likeness (QED) is 0.346. The van der Waals surface area contributed by atoms with Crippen LogP contribution in [0, 0.1) is 46.3 Å². The van der Waals surface area contributed by atoms with Gasteiger partial charge in [-0.3, -0.25) is 0 Å². The van der Waals surface area contributed by atoms with E-state index in [2.05, 4.69) is 40.7 Å². The molecule has 0 N–H and O–H groups in total. The summed E-state index contributed by atoms with van der Waals surface area (Å²) in [6, 6.07) is 0. The molecular formula is C32H54O2. The van der Waals surface area contributed by atoms with Gasteiger partial charge in [0.2, 0.25) is 0 Å². The van der Waals surface area contributed by atoms with Crippen molar-refractivity contribution in [2.45, 2.75) is 137 Å². The van der Waals surface area contributed by atoms with Gasteiger partial charge in [-0.05, 0) is 117 Å². The zero-order valence-electron chi connectivity index (χ0n) is 23.1. The first-order valence-corrected chi connectivity index (χ1v) is 15.3. The van der Waals surface area contributed by atoms with Crippen LogP contribution >= 0.6 is 0 Å².